The first-order chi connectivity index (χ1) is 12.7. The third-order valence-electron chi connectivity index (χ3n) is 5.37. The molecule has 5 nitrogen and oxygen atoms in total. The molecule has 0 bridgehead atoms. The molecule has 3 rings (SSSR count). The van der Waals surface area contributed by atoms with Gasteiger partial charge in [-0.15, -0.1) is 35.3 Å². The van der Waals surface area contributed by atoms with E-state index < -0.39 is 0 Å². The van der Waals surface area contributed by atoms with Crippen LogP contribution in [0.15, 0.2) is 34.9 Å². The van der Waals surface area contributed by atoms with Crippen LogP contribution in [0.1, 0.15) is 49.0 Å². The number of nitrogens with zero attached hydrogens (tertiary/aromatic N) is 3. The van der Waals surface area contributed by atoms with Gasteiger partial charge in [-0.2, -0.15) is 5.10 Å². The third-order valence-corrected chi connectivity index (χ3v) is 6.48. The number of halogens is 1. The maximum atomic E-state index is 4.41. The van der Waals surface area contributed by atoms with Crippen molar-refractivity contribution >= 4 is 41.3 Å². The van der Waals surface area contributed by atoms with Gasteiger partial charge in [0.1, 0.15) is 0 Å². The Morgan fingerprint density at radius 1 is 1.30 bits per heavy atom. The normalized spacial score (nSPS) is 16.6. The first-order valence-corrected chi connectivity index (χ1v) is 10.6. The van der Waals surface area contributed by atoms with E-state index in [9.17, 15) is 0 Å². The molecule has 2 aromatic rings. The van der Waals surface area contributed by atoms with Crippen molar-refractivity contribution in [2.75, 3.05) is 20.1 Å². The standard InChI is InChI=1S/C20H31N5S.HI/c1-21-19(22-12-6-8-17-14-24-25(2)15-17)23-16-20(10-4-3-5-11-20)18-9-7-13-26-18;/h7,9,13-15H,3-6,8,10-12,16H2,1-2H3,(H2,21,22,23);1H. The molecular weight excluding hydrogens is 469 g/mol. The van der Waals surface area contributed by atoms with Crippen LogP contribution in [0, 0.1) is 0 Å². The molecule has 2 aromatic heterocycles. The van der Waals surface area contributed by atoms with Gasteiger partial charge in [0.25, 0.3) is 0 Å². The second-order valence-electron chi connectivity index (χ2n) is 7.30. The van der Waals surface area contributed by atoms with Gasteiger partial charge in [0.15, 0.2) is 5.96 Å². The predicted molar refractivity (Wildman–Crippen MR) is 125 cm³/mol. The fraction of sp³-hybridized carbons (Fsp3) is 0.600. The number of hydrogen-bond donors (Lipinski definition) is 2. The molecule has 2 heterocycles. The van der Waals surface area contributed by atoms with Crippen LogP contribution >= 0.6 is 35.3 Å². The van der Waals surface area contributed by atoms with Gasteiger partial charge in [-0.3, -0.25) is 9.67 Å². The van der Waals surface area contributed by atoms with E-state index in [-0.39, 0.29) is 29.4 Å². The lowest BCUT2D eigenvalue weighted by molar-refractivity contribution is 0.296. The molecule has 1 fully saturated rings. The lowest BCUT2D eigenvalue weighted by Crippen LogP contribution is -2.46. The van der Waals surface area contributed by atoms with E-state index in [4.69, 9.17) is 0 Å². The molecule has 0 atom stereocenters. The zero-order valence-electron chi connectivity index (χ0n) is 16.4. The number of nitrogens with one attached hydrogen (secondary N) is 2. The van der Waals surface area contributed by atoms with Gasteiger partial charge < -0.3 is 10.6 Å². The van der Waals surface area contributed by atoms with Gasteiger partial charge in [-0.05, 0) is 42.7 Å². The monoisotopic (exact) mass is 501 g/mol. The summed E-state index contributed by atoms with van der Waals surface area (Å²) in [7, 11) is 3.82. The third kappa shape index (κ3) is 6.20. The molecule has 0 aliphatic heterocycles. The average Bonchev–Trinajstić information content (AvgIpc) is 3.34. The Labute approximate surface area is 184 Å². The zero-order chi connectivity index (χ0) is 18.2. The molecule has 0 radical (unpaired) electrons. The maximum Gasteiger partial charge on any atom is 0.191 e. The van der Waals surface area contributed by atoms with Gasteiger partial charge in [-0.1, -0.05) is 25.3 Å². The highest BCUT2D eigenvalue weighted by Gasteiger charge is 2.34. The van der Waals surface area contributed by atoms with Crippen molar-refractivity contribution in [3.05, 3.63) is 40.3 Å². The Hall–Kier alpha value is -1.09. The Morgan fingerprint density at radius 3 is 2.74 bits per heavy atom. The molecule has 0 amide bonds. The van der Waals surface area contributed by atoms with Gasteiger partial charge in [0.05, 0.1) is 6.20 Å². The van der Waals surface area contributed by atoms with Crippen LogP contribution in [0.2, 0.25) is 0 Å². The Morgan fingerprint density at radius 2 is 2.11 bits per heavy atom. The molecule has 0 aromatic carbocycles. The molecular formula is C20H32IN5S. The summed E-state index contributed by atoms with van der Waals surface area (Å²) in [5, 5.41) is 13.5. The first-order valence-electron chi connectivity index (χ1n) is 9.68. The molecule has 0 spiro atoms. The molecule has 2 N–H and O–H groups in total. The second-order valence-corrected chi connectivity index (χ2v) is 8.24. The van der Waals surface area contributed by atoms with Crippen LogP contribution in [0.5, 0.6) is 0 Å². The van der Waals surface area contributed by atoms with Crippen molar-refractivity contribution in [2.45, 2.75) is 50.4 Å². The summed E-state index contributed by atoms with van der Waals surface area (Å²) in [4.78, 5) is 5.94. The molecule has 0 saturated heterocycles. The van der Waals surface area contributed by atoms with Crippen molar-refractivity contribution in [3.8, 4) is 0 Å². The highest BCUT2D eigenvalue weighted by Crippen LogP contribution is 2.41. The number of aryl methyl sites for hydroxylation is 2. The number of hydrogen-bond acceptors (Lipinski definition) is 3. The molecule has 1 aliphatic rings. The number of aliphatic imine (C=N–C) groups is 1. The Kier molecular flexibility index (Phi) is 9.08. The van der Waals surface area contributed by atoms with E-state index in [1.807, 2.05) is 36.3 Å². The number of rotatable bonds is 7. The van der Waals surface area contributed by atoms with Crippen molar-refractivity contribution in [1.82, 2.24) is 20.4 Å². The van der Waals surface area contributed by atoms with Crippen molar-refractivity contribution in [1.29, 1.82) is 0 Å². The summed E-state index contributed by atoms with van der Waals surface area (Å²) >= 11 is 1.90. The van der Waals surface area contributed by atoms with E-state index in [2.05, 4.69) is 44.4 Å². The number of guanidine groups is 1. The quantitative estimate of drug-likeness (QED) is 0.260. The molecule has 1 saturated carbocycles. The van der Waals surface area contributed by atoms with Gasteiger partial charge >= 0.3 is 0 Å². The molecule has 7 heteroatoms. The lowest BCUT2D eigenvalue weighted by atomic mass is 9.73. The van der Waals surface area contributed by atoms with Crippen LogP contribution < -0.4 is 10.6 Å². The molecule has 1 aliphatic carbocycles. The number of aromatic nitrogens is 2. The smallest absolute Gasteiger partial charge is 0.191 e. The van der Waals surface area contributed by atoms with E-state index in [0.29, 0.717) is 0 Å². The summed E-state index contributed by atoms with van der Waals surface area (Å²) in [5.74, 6) is 0.915. The Bertz CT molecular complexity index is 689. The van der Waals surface area contributed by atoms with Crippen LogP contribution in [0.4, 0.5) is 0 Å². The topological polar surface area (TPSA) is 54.2 Å². The fourth-order valence-corrected chi connectivity index (χ4v) is 4.88. The van der Waals surface area contributed by atoms with Crippen LogP contribution in [-0.4, -0.2) is 35.9 Å². The van der Waals surface area contributed by atoms with Crippen LogP contribution in [0.25, 0.3) is 0 Å². The fourth-order valence-electron chi connectivity index (χ4n) is 3.89. The molecule has 27 heavy (non-hydrogen) atoms. The van der Waals surface area contributed by atoms with Crippen LogP contribution in [0.3, 0.4) is 0 Å². The van der Waals surface area contributed by atoms with E-state index in [0.717, 1.165) is 31.9 Å². The van der Waals surface area contributed by atoms with Crippen LogP contribution in [-0.2, 0) is 18.9 Å². The minimum atomic E-state index is 0. The summed E-state index contributed by atoms with van der Waals surface area (Å²) in [6.45, 7) is 1.89. The minimum absolute atomic E-state index is 0. The summed E-state index contributed by atoms with van der Waals surface area (Å²) < 4.78 is 1.86. The highest BCUT2D eigenvalue weighted by molar-refractivity contribution is 14.0. The van der Waals surface area contributed by atoms with E-state index in [1.165, 1.54) is 42.5 Å². The zero-order valence-corrected chi connectivity index (χ0v) is 19.6. The molecule has 150 valence electrons. The van der Waals surface area contributed by atoms with Gasteiger partial charge in [0.2, 0.25) is 0 Å². The van der Waals surface area contributed by atoms with E-state index in [1.54, 1.807) is 0 Å². The summed E-state index contributed by atoms with van der Waals surface area (Å²) in [6.07, 6.45) is 12.7. The SMILES string of the molecule is CN=C(NCCCc1cnn(C)c1)NCC1(c2cccs2)CCCCC1.I. The predicted octanol–water partition coefficient (Wildman–Crippen LogP) is 4.10. The number of thiophene rings is 1. The van der Waals surface area contributed by atoms with Crippen molar-refractivity contribution in [3.63, 3.8) is 0 Å². The minimum Gasteiger partial charge on any atom is -0.356 e. The van der Waals surface area contributed by atoms with Crippen molar-refractivity contribution in [2.24, 2.45) is 12.0 Å². The van der Waals surface area contributed by atoms with Gasteiger partial charge in [0, 0.05) is 43.7 Å². The molecule has 0 unspecified atom stereocenters. The maximum absolute atomic E-state index is 4.41. The second kappa shape index (κ2) is 11.0. The highest BCUT2D eigenvalue weighted by atomic mass is 127. The van der Waals surface area contributed by atoms with Crippen molar-refractivity contribution < 1.29 is 0 Å². The van der Waals surface area contributed by atoms with Gasteiger partial charge in [-0.25, -0.2) is 0 Å². The van der Waals surface area contributed by atoms with E-state index >= 15 is 0 Å². The first kappa shape index (κ1) is 22.2. The summed E-state index contributed by atoms with van der Waals surface area (Å²) in [6, 6.07) is 4.49. The largest absolute Gasteiger partial charge is 0.356 e. The Balaban J connectivity index is 0.00000261. The lowest BCUT2D eigenvalue weighted by Gasteiger charge is -2.37. The summed E-state index contributed by atoms with van der Waals surface area (Å²) in [5.41, 5.74) is 1.57. The average molecular weight is 501 g/mol.